The first-order valence-corrected chi connectivity index (χ1v) is 6.52. The Bertz CT molecular complexity index is 454. The molecule has 1 saturated heterocycles. The third-order valence-electron chi connectivity index (χ3n) is 3.25. The lowest BCUT2D eigenvalue weighted by molar-refractivity contribution is -0.143. The molecule has 1 aromatic rings. The molecule has 20 heavy (non-hydrogen) atoms. The molecule has 6 heteroatoms. The zero-order chi connectivity index (χ0) is 14.5. The van der Waals surface area contributed by atoms with Gasteiger partial charge in [-0.05, 0) is 30.5 Å². The van der Waals surface area contributed by atoms with Gasteiger partial charge in [-0.15, -0.1) is 0 Å². The van der Waals surface area contributed by atoms with Crippen LogP contribution in [0.5, 0.6) is 5.75 Å². The number of halogens is 1. The largest absolute Gasteiger partial charge is 0.508 e. The lowest BCUT2D eigenvalue weighted by Crippen LogP contribution is -2.35. The Morgan fingerprint density at radius 3 is 3.00 bits per heavy atom. The minimum atomic E-state index is -0.828. The maximum absolute atomic E-state index is 13.3. The van der Waals surface area contributed by atoms with Crippen molar-refractivity contribution in [2.24, 2.45) is 0 Å². The number of hydrogen-bond acceptors (Lipinski definition) is 5. The first kappa shape index (κ1) is 14.7. The number of ether oxygens (including phenoxy) is 2. The van der Waals surface area contributed by atoms with E-state index in [1.165, 1.54) is 19.2 Å². The van der Waals surface area contributed by atoms with Crippen LogP contribution in [-0.2, 0) is 14.3 Å². The van der Waals surface area contributed by atoms with Crippen molar-refractivity contribution in [1.29, 1.82) is 0 Å². The van der Waals surface area contributed by atoms with Crippen molar-refractivity contribution in [2.75, 3.05) is 20.3 Å². The quantitative estimate of drug-likeness (QED) is 0.802. The fraction of sp³-hybridized carbons (Fsp3) is 0.500. The second kappa shape index (κ2) is 6.67. The first-order valence-electron chi connectivity index (χ1n) is 6.52. The van der Waals surface area contributed by atoms with E-state index in [0.29, 0.717) is 12.1 Å². The predicted octanol–water partition coefficient (Wildman–Crippen LogP) is 1.51. The van der Waals surface area contributed by atoms with Crippen LogP contribution in [0.25, 0.3) is 0 Å². The number of esters is 1. The summed E-state index contributed by atoms with van der Waals surface area (Å²) in [6.45, 7) is 1.19. The Hall–Kier alpha value is -1.66. The van der Waals surface area contributed by atoms with Crippen molar-refractivity contribution in [3.63, 3.8) is 0 Å². The van der Waals surface area contributed by atoms with Crippen LogP contribution in [0.1, 0.15) is 24.4 Å². The highest BCUT2D eigenvalue weighted by molar-refractivity contribution is 5.77. The minimum Gasteiger partial charge on any atom is -0.508 e. The SMILES string of the molecule is COC(=O)C(NCC1CCCO1)c1cc(O)cc(F)c1. The van der Waals surface area contributed by atoms with Crippen molar-refractivity contribution in [3.05, 3.63) is 29.6 Å². The Balaban J connectivity index is 2.11. The van der Waals surface area contributed by atoms with Crippen LogP contribution in [0.15, 0.2) is 18.2 Å². The summed E-state index contributed by atoms with van der Waals surface area (Å²) in [5, 5.41) is 12.4. The number of phenols is 1. The zero-order valence-corrected chi connectivity index (χ0v) is 11.3. The second-order valence-electron chi connectivity index (χ2n) is 4.74. The number of benzene rings is 1. The van der Waals surface area contributed by atoms with Gasteiger partial charge in [0.15, 0.2) is 0 Å². The predicted molar refractivity (Wildman–Crippen MR) is 69.8 cm³/mol. The average Bonchev–Trinajstić information content (AvgIpc) is 2.90. The summed E-state index contributed by atoms with van der Waals surface area (Å²) in [6.07, 6.45) is 1.97. The molecule has 0 aromatic heterocycles. The molecule has 2 N–H and O–H groups in total. The standard InChI is InChI=1S/C14H18FNO4/c1-19-14(18)13(16-8-12-3-2-4-20-12)9-5-10(15)7-11(17)6-9/h5-7,12-13,16-17H,2-4,8H2,1H3. The molecule has 0 bridgehead atoms. The molecule has 110 valence electrons. The van der Waals surface area contributed by atoms with E-state index in [1.54, 1.807) is 0 Å². The molecule has 0 spiro atoms. The molecule has 1 aliphatic heterocycles. The van der Waals surface area contributed by atoms with Gasteiger partial charge < -0.3 is 14.6 Å². The van der Waals surface area contributed by atoms with E-state index in [-0.39, 0.29) is 11.9 Å². The van der Waals surface area contributed by atoms with Crippen LogP contribution in [-0.4, -0.2) is 37.4 Å². The van der Waals surface area contributed by atoms with Gasteiger partial charge in [0.2, 0.25) is 0 Å². The molecular weight excluding hydrogens is 265 g/mol. The Morgan fingerprint density at radius 1 is 1.60 bits per heavy atom. The van der Waals surface area contributed by atoms with Gasteiger partial charge in [0.25, 0.3) is 0 Å². The highest BCUT2D eigenvalue weighted by Crippen LogP contribution is 2.22. The van der Waals surface area contributed by atoms with Gasteiger partial charge in [0.05, 0.1) is 13.2 Å². The van der Waals surface area contributed by atoms with Crippen molar-refractivity contribution in [3.8, 4) is 5.75 Å². The molecule has 2 rings (SSSR count). The number of carbonyl (C=O) groups is 1. The smallest absolute Gasteiger partial charge is 0.327 e. The lowest BCUT2D eigenvalue weighted by Gasteiger charge is -2.19. The van der Waals surface area contributed by atoms with Gasteiger partial charge in [-0.25, -0.2) is 9.18 Å². The van der Waals surface area contributed by atoms with E-state index in [9.17, 15) is 14.3 Å². The van der Waals surface area contributed by atoms with E-state index in [0.717, 1.165) is 25.5 Å². The molecule has 2 unspecified atom stereocenters. The number of rotatable bonds is 5. The fourth-order valence-corrected chi connectivity index (χ4v) is 2.27. The highest BCUT2D eigenvalue weighted by Gasteiger charge is 2.24. The number of methoxy groups -OCH3 is 1. The number of hydrogen-bond donors (Lipinski definition) is 2. The van der Waals surface area contributed by atoms with Crippen molar-refractivity contribution < 1.29 is 23.8 Å². The summed E-state index contributed by atoms with van der Waals surface area (Å²) < 4.78 is 23.5. The minimum absolute atomic E-state index is 0.0457. The molecule has 0 radical (unpaired) electrons. The topological polar surface area (TPSA) is 67.8 Å². The van der Waals surface area contributed by atoms with Gasteiger partial charge in [0.1, 0.15) is 17.6 Å². The van der Waals surface area contributed by atoms with E-state index < -0.39 is 17.8 Å². The molecule has 0 aliphatic carbocycles. The first-order chi connectivity index (χ1) is 9.60. The summed E-state index contributed by atoms with van der Waals surface area (Å²) >= 11 is 0. The zero-order valence-electron chi connectivity index (χ0n) is 11.3. The average molecular weight is 283 g/mol. The summed E-state index contributed by atoms with van der Waals surface area (Å²) in [5.41, 5.74) is 0.326. The maximum atomic E-state index is 13.3. The summed E-state index contributed by atoms with van der Waals surface area (Å²) in [6, 6.07) is 2.69. The maximum Gasteiger partial charge on any atom is 0.327 e. The summed E-state index contributed by atoms with van der Waals surface area (Å²) in [7, 11) is 1.27. The third kappa shape index (κ3) is 3.68. The molecule has 0 amide bonds. The van der Waals surface area contributed by atoms with Crippen molar-refractivity contribution in [1.82, 2.24) is 5.32 Å². The Labute approximate surface area is 116 Å². The van der Waals surface area contributed by atoms with E-state index in [2.05, 4.69) is 5.32 Å². The number of carbonyl (C=O) groups excluding carboxylic acids is 1. The van der Waals surface area contributed by atoms with E-state index >= 15 is 0 Å². The number of phenolic OH excluding ortho intramolecular Hbond substituents is 1. The van der Waals surface area contributed by atoms with Gasteiger partial charge in [-0.1, -0.05) is 0 Å². The number of nitrogens with one attached hydrogen (secondary N) is 1. The Morgan fingerprint density at radius 2 is 2.40 bits per heavy atom. The molecular formula is C14H18FNO4. The number of aromatic hydroxyl groups is 1. The molecule has 1 aliphatic rings. The lowest BCUT2D eigenvalue weighted by atomic mass is 10.1. The van der Waals surface area contributed by atoms with Crippen molar-refractivity contribution >= 4 is 5.97 Å². The van der Waals surface area contributed by atoms with Gasteiger partial charge in [-0.3, -0.25) is 5.32 Å². The van der Waals surface area contributed by atoms with Crippen LogP contribution in [0.3, 0.4) is 0 Å². The van der Waals surface area contributed by atoms with Crippen LogP contribution in [0.2, 0.25) is 0 Å². The second-order valence-corrected chi connectivity index (χ2v) is 4.74. The summed E-state index contributed by atoms with van der Waals surface area (Å²) in [5.74, 6) is -1.37. The molecule has 0 saturated carbocycles. The molecule has 5 nitrogen and oxygen atoms in total. The van der Waals surface area contributed by atoms with Crippen LogP contribution in [0.4, 0.5) is 4.39 Å². The van der Waals surface area contributed by atoms with Gasteiger partial charge >= 0.3 is 5.97 Å². The van der Waals surface area contributed by atoms with Gasteiger partial charge in [-0.2, -0.15) is 0 Å². The molecule has 1 fully saturated rings. The van der Waals surface area contributed by atoms with Crippen LogP contribution < -0.4 is 5.32 Å². The molecule has 2 atom stereocenters. The fourth-order valence-electron chi connectivity index (χ4n) is 2.27. The van der Waals surface area contributed by atoms with Crippen molar-refractivity contribution in [2.45, 2.75) is 25.0 Å². The third-order valence-corrected chi connectivity index (χ3v) is 3.25. The highest BCUT2D eigenvalue weighted by atomic mass is 19.1. The monoisotopic (exact) mass is 283 g/mol. The summed E-state index contributed by atoms with van der Waals surface area (Å²) in [4.78, 5) is 11.8. The van der Waals surface area contributed by atoms with Crippen LogP contribution in [0, 0.1) is 5.82 Å². The Kier molecular flexibility index (Phi) is 4.92. The van der Waals surface area contributed by atoms with E-state index in [1.807, 2.05) is 0 Å². The normalized spacial score (nSPS) is 19.8. The molecule has 1 aromatic carbocycles. The van der Waals surface area contributed by atoms with E-state index in [4.69, 9.17) is 9.47 Å². The van der Waals surface area contributed by atoms with Gasteiger partial charge in [0, 0.05) is 19.2 Å². The van der Waals surface area contributed by atoms with Crippen LogP contribution >= 0.6 is 0 Å². The molecule has 1 heterocycles.